The second-order valence-electron chi connectivity index (χ2n) is 3.73. The molecule has 0 N–H and O–H groups in total. The fraction of sp³-hybridized carbons (Fsp3) is 0.500. The van der Waals surface area contributed by atoms with E-state index in [0.717, 1.165) is 6.42 Å². The van der Waals surface area contributed by atoms with E-state index in [9.17, 15) is 4.79 Å². The van der Waals surface area contributed by atoms with Crippen molar-refractivity contribution in [1.82, 2.24) is 25.4 Å². The van der Waals surface area contributed by atoms with Gasteiger partial charge in [-0.15, -0.1) is 5.10 Å². The van der Waals surface area contributed by atoms with E-state index in [1.807, 2.05) is 6.92 Å². The number of ether oxygens (including phenoxy) is 1. The molecule has 2 rings (SSSR count). The Balaban J connectivity index is 1.95. The zero-order valence-electron chi connectivity index (χ0n) is 10.2. The van der Waals surface area contributed by atoms with Crippen LogP contribution in [0.15, 0.2) is 10.6 Å². The molecule has 18 heavy (non-hydrogen) atoms. The van der Waals surface area contributed by atoms with Crippen LogP contribution in [-0.2, 0) is 17.9 Å². The third-order valence-corrected chi connectivity index (χ3v) is 2.20. The molecule has 0 radical (unpaired) electrons. The SMILES string of the molecule is CCCn1nnnc1COC(=O)c1cc(C)no1. The van der Waals surface area contributed by atoms with E-state index in [0.29, 0.717) is 18.1 Å². The van der Waals surface area contributed by atoms with Gasteiger partial charge in [-0.2, -0.15) is 0 Å². The molecule has 0 saturated heterocycles. The maximum absolute atomic E-state index is 11.6. The van der Waals surface area contributed by atoms with Gasteiger partial charge in [0, 0.05) is 12.6 Å². The molecule has 96 valence electrons. The Kier molecular flexibility index (Phi) is 3.66. The fourth-order valence-electron chi connectivity index (χ4n) is 1.37. The second kappa shape index (κ2) is 5.39. The average Bonchev–Trinajstić information content (AvgIpc) is 2.96. The second-order valence-corrected chi connectivity index (χ2v) is 3.73. The summed E-state index contributed by atoms with van der Waals surface area (Å²) in [7, 11) is 0. The molecule has 8 nitrogen and oxygen atoms in total. The molecular formula is C10H13N5O3. The lowest BCUT2D eigenvalue weighted by molar-refractivity contribution is 0.0409. The summed E-state index contributed by atoms with van der Waals surface area (Å²) in [4.78, 5) is 11.6. The lowest BCUT2D eigenvalue weighted by Gasteiger charge is -2.02. The van der Waals surface area contributed by atoms with Crippen LogP contribution >= 0.6 is 0 Å². The van der Waals surface area contributed by atoms with Crippen molar-refractivity contribution in [2.24, 2.45) is 0 Å². The number of tetrazole rings is 1. The van der Waals surface area contributed by atoms with Crippen LogP contribution in [0, 0.1) is 6.92 Å². The molecule has 0 aromatic carbocycles. The number of carbonyl (C=O) groups is 1. The van der Waals surface area contributed by atoms with Crippen LogP contribution in [0.2, 0.25) is 0 Å². The zero-order chi connectivity index (χ0) is 13.0. The molecule has 0 aliphatic carbocycles. The third kappa shape index (κ3) is 2.70. The van der Waals surface area contributed by atoms with Gasteiger partial charge in [0.25, 0.3) is 0 Å². The normalized spacial score (nSPS) is 10.6. The van der Waals surface area contributed by atoms with Crippen molar-refractivity contribution in [3.8, 4) is 0 Å². The first-order chi connectivity index (χ1) is 8.70. The van der Waals surface area contributed by atoms with Gasteiger partial charge in [0.2, 0.25) is 5.76 Å². The van der Waals surface area contributed by atoms with E-state index in [1.54, 1.807) is 11.6 Å². The Labute approximate surface area is 103 Å². The monoisotopic (exact) mass is 251 g/mol. The Bertz CT molecular complexity index is 533. The number of hydrogen-bond acceptors (Lipinski definition) is 7. The van der Waals surface area contributed by atoms with E-state index in [2.05, 4.69) is 20.7 Å². The van der Waals surface area contributed by atoms with Crippen molar-refractivity contribution < 1.29 is 14.1 Å². The molecule has 0 aliphatic rings. The first-order valence-electron chi connectivity index (χ1n) is 5.56. The Morgan fingerprint density at radius 3 is 3.06 bits per heavy atom. The summed E-state index contributed by atoms with van der Waals surface area (Å²) < 4.78 is 11.4. The van der Waals surface area contributed by atoms with Gasteiger partial charge in [-0.25, -0.2) is 9.48 Å². The van der Waals surface area contributed by atoms with E-state index in [4.69, 9.17) is 9.26 Å². The van der Waals surface area contributed by atoms with Crippen LogP contribution in [-0.4, -0.2) is 31.3 Å². The van der Waals surface area contributed by atoms with Crippen molar-refractivity contribution in [2.45, 2.75) is 33.4 Å². The molecule has 0 saturated carbocycles. The highest BCUT2D eigenvalue weighted by atomic mass is 16.6. The number of carbonyl (C=O) groups excluding carboxylic acids is 1. The maximum atomic E-state index is 11.6. The van der Waals surface area contributed by atoms with Gasteiger partial charge >= 0.3 is 5.97 Å². The first kappa shape index (κ1) is 12.2. The number of hydrogen-bond donors (Lipinski definition) is 0. The molecule has 0 spiro atoms. The summed E-state index contributed by atoms with van der Waals surface area (Å²) in [5.41, 5.74) is 0.623. The van der Waals surface area contributed by atoms with E-state index in [-0.39, 0.29) is 12.4 Å². The van der Waals surface area contributed by atoms with Gasteiger partial charge < -0.3 is 9.26 Å². The summed E-state index contributed by atoms with van der Waals surface area (Å²) in [5, 5.41) is 14.7. The quantitative estimate of drug-likeness (QED) is 0.723. The van der Waals surface area contributed by atoms with Crippen molar-refractivity contribution in [3.05, 3.63) is 23.3 Å². The minimum Gasteiger partial charge on any atom is -0.451 e. The number of nitrogens with zero attached hydrogens (tertiary/aromatic N) is 5. The molecule has 0 fully saturated rings. The minimum absolute atomic E-state index is 0.00554. The lowest BCUT2D eigenvalue weighted by Crippen LogP contribution is -2.10. The molecule has 2 heterocycles. The van der Waals surface area contributed by atoms with E-state index < -0.39 is 5.97 Å². The predicted octanol–water partition coefficient (Wildman–Crippen LogP) is 0.737. The average molecular weight is 251 g/mol. The Morgan fingerprint density at radius 1 is 1.56 bits per heavy atom. The molecule has 2 aromatic rings. The topological polar surface area (TPSA) is 95.9 Å². The highest BCUT2D eigenvalue weighted by Crippen LogP contribution is 2.06. The summed E-state index contributed by atoms with van der Waals surface area (Å²) in [6.07, 6.45) is 0.896. The summed E-state index contributed by atoms with van der Waals surface area (Å²) >= 11 is 0. The standard InChI is InChI=1S/C10H13N5O3/c1-3-4-15-9(11-13-14-15)6-17-10(16)8-5-7(2)12-18-8/h5H,3-4,6H2,1-2H3. The van der Waals surface area contributed by atoms with Crippen molar-refractivity contribution in [1.29, 1.82) is 0 Å². The van der Waals surface area contributed by atoms with Crippen molar-refractivity contribution >= 4 is 5.97 Å². The lowest BCUT2D eigenvalue weighted by atomic mass is 10.4. The van der Waals surface area contributed by atoms with Crippen LogP contribution in [0.1, 0.15) is 35.4 Å². The maximum Gasteiger partial charge on any atom is 0.377 e. The van der Waals surface area contributed by atoms with Crippen LogP contribution < -0.4 is 0 Å². The zero-order valence-corrected chi connectivity index (χ0v) is 10.2. The van der Waals surface area contributed by atoms with Crippen LogP contribution in [0.25, 0.3) is 0 Å². The smallest absolute Gasteiger partial charge is 0.377 e. The van der Waals surface area contributed by atoms with Crippen LogP contribution in [0.4, 0.5) is 0 Å². The molecule has 8 heteroatoms. The number of aryl methyl sites for hydroxylation is 2. The molecule has 0 atom stereocenters. The largest absolute Gasteiger partial charge is 0.451 e. The molecule has 0 unspecified atom stereocenters. The van der Waals surface area contributed by atoms with Gasteiger partial charge in [-0.05, 0) is 23.8 Å². The summed E-state index contributed by atoms with van der Waals surface area (Å²) in [6, 6.07) is 1.51. The van der Waals surface area contributed by atoms with E-state index in [1.165, 1.54) is 6.07 Å². The van der Waals surface area contributed by atoms with Gasteiger partial charge in [-0.1, -0.05) is 12.1 Å². The van der Waals surface area contributed by atoms with Crippen LogP contribution in [0.3, 0.4) is 0 Å². The van der Waals surface area contributed by atoms with Crippen molar-refractivity contribution in [3.63, 3.8) is 0 Å². The van der Waals surface area contributed by atoms with Gasteiger partial charge in [0.1, 0.15) is 0 Å². The minimum atomic E-state index is -0.582. The van der Waals surface area contributed by atoms with E-state index >= 15 is 0 Å². The Hall–Kier alpha value is -2.25. The molecule has 0 bridgehead atoms. The van der Waals surface area contributed by atoms with Gasteiger partial charge in [0.05, 0.1) is 5.69 Å². The summed E-state index contributed by atoms with van der Waals surface area (Å²) in [6.45, 7) is 4.42. The molecule has 0 aliphatic heterocycles. The van der Waals surface area contributed by atoms with Gasteiger partial charge in [0.15, 0.2) is 12.4 Å². The fourth-order valence-corrected chi connectivity index (χ4v) is 1.37. The molecular weight excluding hydrogens is 238 g/mol. The summed E-state index contributed by atoms with van der Waals surface area (Å²) in [5.74, 6) is -0.00917. The Morgan fingerprint density at radius 2 is 2.39 bits per heavy atom. The highest BCUT2D eigenvalue weighted by Gasteiger charge is 2.15. The molecule has 2 aromatic heterocycles. The first-order valence-corrected chi connectivity index (χ1v) is 5.56. The third-order valence-electron chi connectivity index (χ3n) is 2.20. The number of aromatic nitrogens is 5. The number of rotatable bonds is 5. The molecule has 0 amide bonds. The van der Waals surface area contributed by atoms with Crippen LogP contribution in [0.5, 0.6) is 0 Å². The predicted molar refractivity (Wildman–Crippen MR) is 58.5 cm³/mol. The van der Waals surface area contributed by atoms with Crippen molar-refractivity contribution in [2.75, 3.05) is 0 Å². The number of esters is 1. The van der Waals surface area contributed by atoms with Gasteiger partial charge in [-0.3, -0.25) is 0 Å². The highest BCUT2D eigenvalue weighted by molar-refractivity contribution is 5.86.